The SMILES string of the molecule is CCOC(=O)CN(C(=O)OCC)c1ccc(Oc2ccc(OC)c(C(C)CC)c2)c(C)c1C. The number of anilines is 1. The van der Waals surface area contributed by atoms with E-state index in [0.29, 0.717) is 23.1 Å². The van der Waals surface area contributed by atoms with Crippen molar-refractivity contribution in [2.75, 3.05) is 31.8 Å². The highest BCUT2D eigenvalue weighted by Gasteiger charge is 2.24. The third-order valence-corrected chi connectivity index (χ3v) is 5.65. The normalized spacial score (nSPS) is 11.5. The lowest BCUT2D eigenvalue weighted by molar-refractivity contribution is -0.141. The van der Waals surface area contributed by atoms with Crippen LogP contribution in [-0.4, -0.2) is 38.9 Å². The second kappa shape index (κ2) is 12.1. The molecule has 7 nitrogen and oxygen atoms in total. The first-order valence-electron chi connectivity index (χ1n) is 11.3. The Morgan fingerprint density at radius 2 is 1.61 bits per heavy atom. The second-order valence-corrected chi connectivity index (χ2v) is 7.74. The summed E-state index contributed by atoms with van der Waals surface area (Å²) in [5, 5.41) is 0. The summed E-state index contributed by atoms with van der Waals surface area (Å²) >= 11 is 0. The molecule has 1 unspecified atom stereocenters. The van der Waals surface area contributed by atoms with E-state index in [1.165, 1.54) is 4.90 Å². The van der Waals surface area contributed by atoms with E-state index in [2.05, 4.69) is 13.8 Å². The summed E-state index contributed by atoms with van der Waals surface area (Å²) in [6.07, 6.45) is 0.381. The second-order valence-electron chi connectivity index (χ2n) is 7.74. The van der Waals surface area contributed by atoms with Crippen molar-refractivity contribution in [3.05, 3.63) is 47.0 Å². The maximum Gasteiger partial charge on any atom is 0.414 e. The molecule has 0 saturated carbocycles. The molecule has 0 spiro atoms. The Kier molecular flexibility index (Phi) is 9.57. The van der Waals surface area contributed by atoms with Gasteiger partial charge in [0.05, 0.1) is 26.0 Å². The van der Waals surface area contributed by atoms with E-state index in [1.807, 2.05) is 32.0 Å². The number of hydrogen-bond acceptors (Lipinski definition) is 6. The third kappa shape index (κ3) is 6.40. The molecule has 0 radical (unpaired) electrons. The molecule has 2 aromatic rings. The lowest BCUT2D eigenvalue weighted by Crippen LogP contribution is -2.37. The molecular weight excluding hydrogens is 422 g/mol. The van der Waals surface area contributed by atoms with Crippen LogP contribution in [0.5, 0.6) is 17.2 Å². The van der Waals surface area contributed by atoms with Crippen molar-refractivity contribution in [2.45, 2.75) is 53.9 Å². The number of methoxy groups -OCH3 is 1. The van der Waals surface area contributed by atoms with Crippen molar-refractivity contribution in [3.63, 3.8) is 0 Å². The summed E-state index contributed by atoms with van der Waals surface area (Å²) in [5.74, 6) is 2.03. The van der Waals surface area contributed by atoms with Crippen LogP contribution in [0.15, 0.2) is 30.3 Å². The molecule has 0 saturated heterocycles. The third-order valence-electron chi connectivity index (χ3n) is 5.65. The highest BCUT2D eigenvalue weighted by atomic mass is 16.6. The molecular formula is C26H35NO6. The quantitative estimate of drug-likeness (QED) is 0.399. The number of rotatable bonds is 10. The summed E-state index contributed by atoms with van der Waals surface area (Å²) in [4.78, 5) is 26.0. The fourth-order valence-electron chi connectivity index (χ4n) is 3.48. The van der Waals surface area contributed by atoms with E-state index in [9.17, 15) is 9.59 Å². The first-order valence-corrected chi connectivity index (χ1v) is 11.3. The van der Waals surface area contributed by atoms with Crippen LogP contribution >= 0.6 is 0 Å². The van der Waals surface area contributed by atoms with Crippen molar-refractivity contribution in [2.24, 2.45) is 0 Å². The van der Waals surface area contributed by atoms with E-state index in [-0.39, 0.29) is 19.8 Å². The highest BCUT2D eigenvalue weighted by Crippen LogP contribution is 2.37. The first kappa shape index (κ1) is 26.0. The summed E-state index contributed by atoms with van der Waals surface area (Å²) in [7, 11) is 1.67. The number of nitrogens with zero attached hydrogens (tertiary/aromatic N) is 1. The van der Waals surface area contributed by atoms with Crippen molar-refractivity contribution in [1.82, 2.24) is 0 Å². The van der Waals surface area contributed by atoms with Gasteiger partial charge in [0.15, 0.2) is 0 Å². The summed E-state index contributed by atoms with van der Waals surface area (Å²) in [6, 6.07) is 9.34. The molecule has 0 N–H and O–H groups in total. The minimum atomic E-state index is -0.602. The number of esters is 1. The Labute approximate surface area is 196 Å². The van der Waals surface area contributed by atoms with Crippen LogP contribution in [0.25, 0.3) is 0 Å². The molecule has 0 aromatic heterocycles. The standard InChI is InChI=1S/C26H35NO6/c1-8-17(4)21-15-20(11-13-24(21)30-7)33-23-14-12-22(18(5)19(23)6)27(26(29)32-10-3)16-25(28)31-9-2/h11-15,17H,8-10,16H2,1-7H3. The number of benzene rings is 2. The first-order chi connectivity index (χ1) is 15.8. The van der Waals surface area contributed by atoms with Gasteiger partial charge in [-0.3, -0.25) is 9.69 Å². The smallest absolute Gasteiger partial charge is 0.414 e. The van der Waals surface area contributed by atoms with Crippen LogP contribution in [-0.2, 0) is 14.3 Å². The van der Waals surface area contributed by atoms with Gasteiger partial charge in [0.2, 0.25) is 0 Å². The van der Waals surface area contributed by atoms with Crippen molar-refractivity contribution < 1.29 is 28.5 Å². The number of carbonyl (C=O) groups is 2. The molecule has 1 atom stereocenters. The molecule has 1 amide bonds. The van der Waals surface area contributed by atoms with Crippen molar-refractivity contribution >= 4 is 17.7 Å². The topological polar surface area (TPSA) is 74.3 Å². The van der Waals surface area contributed by atoms with E-state index in [0.717, 1.165) is 28.9 Å². The molecule has 7 heteroatoms. The van der Waals surface area contributed by atoms with Crippen LogP contribution in [0.4, 0.5) is 10.5 Å². The van der Waals surface area contributed by atoms with Gasteiger partial charge < -0.3 is 18.9 Å². The summed E-state index contributed by atoms with van der Waals surface area (Å²) < 4.78 is 21.9. The molecule has 0 heterocycles. The van der Waals surface area contributed by atoms with Gasteiger partial charge in [-0.2, -0.15) is 0 Å². The average Bonchev–Trinajstić information content (AvgIpc) is 2.80. The number of ether oxygens (including phenoxy) is 4. The number of hydrogen-bond donors (Lipinski definition) is 0. The Bertz CT molecular complexity index is 971. The van der Waals surface area contributed by atoms with Gasteiger partial charge in [0.25, 0.3) is 0 Å². The zero-order valence-corrected chi connectivity index (χ0v) is 20.7. The predicted octanol–water partition coefficient (Wildman–Crippen LogP) is 6.14. The largest absolute Gasteiger partial charge is 0.496 e. The van der Waals surface area contributed by atoms with Crippen LogP contribution in [0.1, 0.15) is 56.7 Å². The molecule has 2 rings (SSSR count). The Morgan fingerprint density at radius 3 is 2.21 bits per heavy atom. The van der Waals surface area contributed by atoms with E-state index >= 15 is 0 Å². The summed E-state index contributed by atoms with van der Waals surface area (Å²) in [6.45, 7) is 11.7. The molecule has 0 aliphatic heterocycles. The van der Waals surface area contributed by atoms with E-state index in [4.69, 9.17) is 18.9 Å². The van der Waals surface area contributed by atoms with E-state index in [1.54, 1.807) is 33.1 Å². The van der Waals surface area contributed by atoms with Gasteiger partial charge in [-0.1, -0.05) is 13.8 Å². The van der Waals surface area contributed by atoms with Crippen LogP contribution in [0.3, 0.4) is 0 Å². The lowest BCUT2D eigenvalue weighted by Gasteiger charge is -2.24. The fraction of sp³-hybridized carbons (Fsp3) is 0.462. The number of amides is 1. The van der Waals surface area contributed by atoms with Crippen molar-refractivity contribution in [3.8, 4) is 17.2 Å². The Balaban J connectivity index is 2.39. The van der Waals surface area contributed by atoms with E-state index < -0.39 is 12.1 Å². The van der Waals surface area contributed by atoms with Gasteiger partial charge in [-0.25, -0.2) is 4.79 Å². The average molecular weight is 458 g/mol. The Morgan fingerprint density at radius 1 is 0.939 bits per heavy atom. The van der Waals surface area contributed by atoms with Gasteiger partial charge >= 0.3 is 12.1 Å². The molecule has 0 bridgehead atoms. The maximum atomic E-state index is 12.6. The minimum Gasteiger partial charge on any atom is -0.496 e. The molecule has 0 aliphatic carbocycles. The highest BCUT2D eigenvalue weighted by molar-refractivity contribution is 5.94. The van der Waals surface area contributed by atoms with Crippen LogP contribution < -0.4 is 14.4 Å². The molecule has 0 fully saturated rings. The zero-order chi connectivity index (χ0) is 24.5. The molecule has 0 aliphatic rings. The maximum absolute atomic E-state index is 12.6. The van der Waals surface area contributed by atoms with Crippen LogP contribution in [0, 0.1) is 13.8 Å². The summed E-state index contributed by atoms with van der Waals surface area (Å²) in [5.41, 5.74) is 3.32. The molecule has 2 aromatic carbocycles. The lowest BCUT2D eigenvalue weighted by atomic mass is 9.97. The van der Waals surface area contributed by atoms with Gasteiger partial charge in [0, 0.05) is 5.56 Å². The van der Waals surface area contributed by atoms with Gasteiger partial charge in [-0.05, 0) is 81.5 Å². The van der Waals surface area contributed by atoms with Crippen LogP contribution in [0.2, 0.25) is 0 Å². The fourth-order valence-corrected chi connectivity index (χ4v) is 3.48. The molecule has 180 valence electrons. The predicted molar refractivity (Wildman–Crippen MR) is 129 cm³/mol. The van der Waals surface area contributed by atoms with Gasteiger partial charge in [0.1, 0.15) is 23.8 Å². The number of carbonyl (C=O) groups excluding carboxylic acids is 2. The van der Waals surface area contributed by atoms with Gasteiger partial charge in [-0.15, -0.1) is 0 Å². The minimum absolute atomic E-state index is 0.202. The van der Waals surface area contributed by atoms with Crippen molar-refractivity contribution in [1.29, 1.82) is 0 Å². The Hall–Kier alpha value is -3.22. The zero-order valence-electron chi connectivity index (χ0n) is 20.7. The molecule has 33 heavy (non-hydrogen) atoms. The monoisotopic (exact) mass is 457 g/mol.